The molecule has 0 spiro atoms. The van der Waals surface area contributed by atoms with E-state index in [1.807, 2.05) is 6.92 Å². The summed E-state index contributed by atoms with van der Waals surface area (Å²) in [6, 6.07) is 0. The lowest BCUT2D eigenvalue weighted by molar-refractivity contribution is -0.153. The van der Waals surface area contributed by atoms with E-state index in [9.17, 15) is 9.59 Å². The van der Waals surface area contributed by atoms with Gasteiger partial charge in [-0.25, -0.2) is 4.79 Å². The number of rotatable bonds is 4. The molecule has 0 saturated carbocycles. The second-order valence-corrected chi connectivity index (χ2v) is 3.49. The standard InChI is InChI=1S/C9H15NO3/c1-2-4-9(8(12)13)5-3-6-10(9)7-11/h7H,2-6H2,1H3,(H,12,13). The molecule has 1 rings (SSSR count). The Hall–Kier alpha value is -1.06. The first-order valence-corrected chi connectivity index (χ1v) is 4.63. The van der Waals surface area contributed by atoms with Crippen LogP contribution in [-0.4, -0.2) is 34.5 Å². The molecule has 1 N–H and O–H groups in total. The summed E-state index contributed by atoms with van der Waals surface area (Å²) >= 11 is 0. The molecule has 0 aromatic heterocycles. The van der Waals surface area contributed by atoms with E-state index in [-0.39, 0.29) is 0 Å². The van der Waals surface area contributed by atoms with Gasteiger partial charge in [0.15, 0.2) is 0 Å². The maximum Gasteiger partial charge on any atom is 0.329 e. The van der Waals surface area contributed by atoms with Crippen molar-refractivity contribution in [3.8, 4) is 0 Å². The van der Waals surface area contributed by atoms with Gasteiger partial charge < -0.3 is 10.0 Å². The first-order valence-electron chi connectivity index (χ1n) is 4.63. The van der Waals surface area contributed by atoms with Crippen molar-refractivity contribution in [2.24, 2.45) is 0 Å². The van der Waals surface area contributed by atoms with E-state index in [0.29, 0.717) is 25.8 Å². The molecule has 74 valence electrons. The fraction of sp³-hybridized carbons (Fsp3) is 0.778. The Bertz CT molecular complexity index is 217. The lowest BCUT2D eigenvalue weighted by Gasteiger charge is -2.31. The van der Waals surface area contributed by atoms with Crippen LogP contribution in [0.3, 0.4) is 0 Å². The molecule has 1 heterocycles. The molecule has 1 saturated heterocycles. The Morgan fingerprint density at radius 3 is 2.85 bits per heavy atom. The van der Waals surface area contributed by atoms with E-state index in [0.717, 1.165) is 12.8 Å². The quantitative estimate of drug-likeness (QED) is 0.661. The predicted molar refractivity (Wildman–Crippen MR) is 47.3 cm³/mol. The Morgan fingerprint density at radius 2 is 2.38 bits per heavy atom. The van der Waals surface area contributed by atoms with Crippen molar-refractivity contribution in [2.75, 3.05) is 6.54 Å². The summed E-state index contributed by atoms with van der Waals surface area (Å²) in [6.45, 7) is 2.52. The van der Waals surface area contributed by atoms with Gasteiger partial charge in [0.25, 0.3) is 0 Å². The van der Waals surface area contributed by atoms with E-state index in [1.54, 1.807) is 0 Å². The number of amides is 1. The molecule has 0 aliphatic carbocycles. The molecular formula is C9H15NO3. The average molecular weight is 185 g/mol. The van der Waals surface area contributed by atoms with Crippen LogP contribution in [0.15, 0.2) is 0 Å². The summed E-state index contributed by atoms with van der Waals surface area (Å²) in [7, 11) is 0. The van der Waals surface area contributed by atoms with Crippen molar-refractivity contribution in [2.45, 2.75) is 38.1 Å². The van der Waals surface area contributed by atoms with E-state index >= 15 is 0 Å². The Labute approximate surface area is 77.5 Å². The molecular weight excluding hydrogens is 170 g/mol. The maximum absolute atomic E-state index is 11.1. The highest BCUT2D eigenvalue weighted by atomic mass is 16.4. The Kier molecular flexibility index (Phi) is 2.90. The van der Waals surface area contributed by atoms with Crippen molar-refractivity contribution in [1.29, 1.82) is 0 Å². The minimum Gasteiger partial charge on any atom is -0.479 e. The van der Waals surface area contributed by atoms with Crippen LogP contribution in [0.5, 0.6) is 0 Å². The Morgan fingerprint density at radius 1 is 1.69 bits per heavy atom. The van der Waals surface area contributed by atoms with Gasteiger partial charge in [0.05, 0.1) is 0 Å². The molecule has 4 nitrogen and oxygen atoms in total. The molecule has 13 heavy (non-hydrogen) atoms. The SMILES string of the molecule is CCCC1(C(=O)O)CCCN1C=O. The average Bonchev–Trinajstić information content (AvgIpc) is 2.49. The maximum atomic E-state index is 11.1. The minimum atomic E-state index is -0.906. The van der Waals surface area contributed by atoms with Crippen LogP contribution >= 0.6 is 0 Å². The van der Waals surface area contributed by atoms with Crippen LogP contribution in [-0.2, 0) is 9.59 Å². The molecule has 0 radical (unpaired) electrons. The normalized spacial score (nSPS) is 27.6. The topological polar surface area (TPSA) is 57.6 Å². The summed E-state index contributed by atoms with van der Waals surface area (Å²) < 4.78 is 0. The van der Waals surface area contributed by atoms with Crippen LogP contribution < -0.4 is 0 Å². The molecule has 1 unspecified atom stereocenters. The van der Waals surface area contributed by atoms with Gasteiger partial charge in [-0.3, -0.25) is 4.79 Å². The lowest BCUT2D eigenvalue weighted by Crippen LogP contribution is -2.49. The van der Waals surface area contributed by atoms with Crippen LogP contribution in [0.1, 0.15) is 32.6 Å². The van der Waals surface area contributed by atoms with Crippen molar-refractivity contribution >= 4 is 12.4 Å². The monoisotopic (exact) mass is 185 g/mol. The zero-order valence-electron chi connectivity index (χ0n) is 7.82. The van der Waals surface area contributed by atoms with Gasteiger partial charge in [-0.2, -0.15) is 0 Å². The largest absolute Gasteiger partial charge is 0.479 e. The number of hydrogen-bond donors (Lipinski definition) is 1. The van der Waals surface area contributed by atoms with E-state index in [2.05, 4.69) is 0 Å². The third-order valence-electron chi connectivity index (χ3n) is 2.73. The summed E-state index contributed by atoms with van der Waals surface area (Å²) in [5.74, 6) is -0.862. The minimum absolute atomic E-state index is 0.557. The lowest BCUT2D eigenvalue weighted by atomic mass is 9.91. The molecule has 0 aromatic rings. The molecule has 1 fully saturated rings. The van der Waals surface area contributed by atoms with Crippen LogP contribution in [0, 0.1) is 0 Å². The number of aliphatic carboxylic acids is 1. The van der Waals surface area contributed by atoms with Gasteiger partial charge >= 0.3 is 5.97 Å². The van der Waals surface area contributed by atoms with Gasteiger partial charge in [0.1, 0.15) is 5.54 Å². The second kappa shape index (κ2) is 3.77. The van der Waals surface area contributed by atoms with Gasteiger partial charge in [-0.1, -0.05) is 13.3 Å². The fourth-order valence-electron chi connectivity index (χ4n) is 2.07. The fourth-order valence-corrected chi connectivity index (χ4v) is 2.07. The van der Waals surface area contributed by atoms with Crippen molar-refractivity contribution in [3.05, 3.63) is 0 Å². The van der Waals surface area contributed by atoms with Crippen LogP contribution in [0.4, 0.5) is 0 Å². The number of carbonyl (C=O) groups is 2. The molecule has 1 aliphatic rings. The first-order chi connectivity index (χ1) is 6.17. The van der Waals surface area contributed by atoms with Crippen LogP contribution in [0.2, 0.25) is 0 Å². The molecule has 1 atom stereocenters. The zero-order valence-corrected chi connectivity index (χ0v) is 7.82. The van der Waals surface area contributed by atoms with Crippen molar-refractivity contribution < 1.29 is 14.7 Å². The first kappa shape index (κ1) is 10.0. The van der Waals surface area contributed by atoms with E-state index in [4.69, 9.17) is 5.11 Å². The summed E-state index contributed by atoms with van der Waals surface area (Å²) in [4.78, 5) is 23.2. The smallest absolute Gasteiger partial charge is 0.329 e. The number of hydrogen-bond acceptors (Lipinski definition) is 2. The third-order valence-corrected chi connectivity index (χ3v) is 2.73. The Balaban J connectivity index is 2.87. The molecule has 1 amide bonds. The zero-order chi connectivity index (χ0) is 9.90. The highest BCUT2D eigenvalue weighted by Crippen LogP contribution is 2.32. The number of carbonyl (C=O) groups excluding carboxylic acids is 1. The van der Waals surface area contributed by atoms with Gasteiger partial charge in [0, 0.05) is 6.54 Å². The predicted octanol–water partition coefficient (Wildman–Crippen LogP) is 0.862. The highest BCUT2D eigenvalue weighted by molar-refractivity contribution is 5.82. The summed E-state index contributed by atoms with van der Waals surface area (Å²) in [5.41, 5.74) is -0.906. The van der Waals surface area contributed by atoms with Gasteiger partial charge in [0.2, 0.25) is 6.41 Å². The van der Waals surface area contributed by atoms with Crippen molar-refractivity contribution in [3.63, 3.8) is 0 Å². The van der Waals surface area contributed by atoms with Crippen LogP contribution in [0.25, 0.3) is 0 Å². The highest BCUT2D eigenvalue weighted by Gasteiger charge is 2.46. The number of carboxylic acids is 1. The summed E-state index contributed by atoms with van der Waals surface area (Å²) in [5, 5.41) is 9.10. The number of nitrogens with zero attached hydrogens (tertiary/aromatic N) is 1. The molecule has 0 bridgehead atoms. The third kappa shape index (κ3) is 1.53. The molecule has 1 aliphatic heterocycles. The molecule has 4 heteroatoms. The number of carboxylic acid groups (broad SMARTS) is 1. The second-order valence-electron chi connectivity index (χ2n) is 3.49. The van der Waals surface area contributed by atoms with Gasteiger partial charge in [-0.15, -0.1) is 0 Å². The number of likely N-dealkylation sites (tertiary alicyclic amines) is 1. The van der Waals surface area contributed by atoms with Crippen molar-refractivity contribution in [1.82, 2.24) is 4.90 Å². The van der Waals surface area contributed by atoms with E-state index in [1.165, 1.54) is 4.90 Å². The molecule has 0 aromatic carbocycles. The van der Waals surface area contributed by atoms with Gasteiger partial charge in [-0.05, 0) is 19.3 Å². The summed E-state index contributed by atoms with van der Waals surface area (Å²) in [6.07, 6.45) is 3.40. The van der Waals surface area contributed by atoms with E-state index < -0.39 is 11.5 Å².